The van der Waals surface area contributed by atoms with Crippen molar-refractivity contribution < 1.29 is 22.0 Å². The molecule has 8 heteroatoms. The summed E-state index contributed by atoms with van der Waals surface area (Å²) < 4.78 is 63.5. The molecule has 0 unspecified atom stereocenters. The Kier molecular flexibility index (Phi) is 4.46. The van der Waals surface area contributed by atoms with Crippen LogP contribution < -0.4 is 5.73 Å². The molecule has 1 atom stereocenters. The van der Waals surface area contributed by atoms with Gasteiger partial charge in [-0.15, -0.1) is 0 Å². The Morgan fingerprint density at radius 3 is 2.14 bits per heavy atom. The molecular formula is C13H16F5N3. The molecule has 1 aromatic heterocycles. The van der Waals surface area contributed by atoms with Gasteiger partial charge in [0.2, 0.25) is 11.7 Å². The standard InChI is InChI=1S/C13H16F5N3/c14-12(15)3-1-8(2-4-12)10(5-19)9-6-20-11(21-7-9)13(16,17)18/h6-8,10H,1-5,19H2/t10-/m1/s1. The van der Waals surface area contributed by atoms with Gasteiger partial charge in [-0.1, -0.05) is 0 Å². The van der Waals surface area contributed by atoms with E-state index >= 15 is 0 Å². The first-order valence-corrected chi connectivity index (χ1v) is 6.70. The zero-order valence-electron chi connectivity index (χ0n) is 11.2. The van der Waals surface area contributed by atoms with Crippen LogP contribution in [0.25, 0.3) is 0 Å². The van der Waals surface area contributed by atoms with Gasteiger partial charge in [0.1, 0.15) is 0 Å². The second-order valence-corrected chi connectivity index (χ2v) is 5.37. The van der Waals surface area contributed by atoms with Crippen molar-refractivity contribution in [2.24, 2.45) is 11.7 Å². The summed E-state index contributed by atoms with van der Waals surface area (Å²) in [5, 5.41) is 0. The van der Waals surface area contributed by atoms with Crippen LogP contribution in [0.3, 0.4) is 0 Å². The number of nitrogens with two attached hydrogens (primary N) is 1. The number of rotatable bonds is 3. The van der Waals surface area contributed by atoms with Gasteiger partial charge in [-0.25, -0.2) is 18.7 Å². The molecule has 0 radical (unpaired) electrons. The smallest absolute Gasteiger partial charge is 0.330 e. The zero-order chi connectivity index (χ0) is 15.7. The van der Waals surface area contributed by atoms with Gasteiger partial charge in [0.25, 0.3) is 0 Å². The molecule has 3 nitrogen and oxygen atoms in total. The maximum atomic E-state index is 13.2. The molecule has 0 aromatic carbocycles. The summed E-state index contributed by atoms with van der Waals surface area (Å²) in [7, 11) is 0. The molecule has 0 amide bonds. The monoisotopic (exact) mass is 309 g/mol. The van der Waals surface area contributed by atoms with E-state index in [0.717, 1.165) is 12.4 Å². The maximum Gasteiger partial charge on any atom is 0.451 e. The predicted octanol–water partition coefficient (Wildman–Crippen LogP) is 3.36. The van der Waals surface area contributed by atoms with Crippen LogP contribution >= 0.6 is 0 Å². The highest BCUT2D eigenvalue weighted by atomic mass is 19.4. The minimum absolute atomic E-state index is 0.0741. The molecule has 0 saturated heterocycles. The third-order valence-electron chi connectivity index (χ3n) is 3.94. The van der Waals surface area contributed by atoms with Crippen LogP contribution in [0.1, 0.15) is 43.0 Å². The van der Waals surface area contributed by atoms with Crippen molar-refractivity contribution in [2.75, 3.05) is 6.54 Å². The molecule has 1 aliphatic rings. The first kappa shape index (κ1) is 16.1. The lowest BCUT2D eigenvalue weighted by Gasteiger charge is -2.33. The molecule has 0 bridgehead atoms. The van der Waals surface area contributed by atoms with Gasteiger partial charge in [-0.2, -0.15) is 13.2 Å². The highest BCUT2D eigenvalue weighted by Crippen LogP contribution is 2.41. The maximum absolute atomic E-state index is 13.2. The van der Waals surface area contributed by atoms with E-state index in [-0.39, 0.29) is 31.2 Å². The lowest BCUT2D eigenvalue weighted by atomic mass is 9.76. The summed E-state index contributed by atoms with van der Waals surface area (Å²) in [6.07, 6.45) is -2.22. The van der Waals surface area contributed by atoms with Crippen LogP contribution in [0, 0.1) is 5.92 Å². The second-order valence-electron chi connectivity index (χ2n) is 5.37. The largest absolute Gasteiger partial charge is 0.451 e. The summed E-state index contributed by atoms with van der Waals surface area (Å²) >= 11 is 0. The van der Waals surface area contributed by atoms with Gasteiger partial charge >= 0.3 is 6.18 Å². The van der Waals surface area contributed by atoms with Gasteiger partial charge in [0.05, 0.1) is 0 Å². The minimum Gasteiger partial charge on any atom is -0.330 e. The summed E-state index contributed by atoms with van der Waals surface area (Å²) in [5.41, 5.74) is 6.13. The molecule has 2 rings (SSSR count). The molecule has 1 saturated carbocycles. The summed E-state index contributed by atoms with van der Waals surface area (Å²) in [4.78, 5) is 6.60. The van der Waals surface area contributed by atoms with Crippen molar-refractivity contribution in [3.8, 4) is 0 Å². The molecular weight excluding hydrogens is 293 g/mol. The van der Waals surface area contributed by atoms with E-state index in [1.165, 1.54) is 0 Å². The van der Waals surface area contributed by atoms with Crippen molar-refractivity contribution in [3.05, 3.63) is 23.8 Å². The highest BCUT2D eigenvalue weighted by molar-refractivity contribution is 5.15. The van der Waals surface area contributed by atoms with E-state index in [9.17, 15) is 22.0 Å². The van der Waals surface area contributed by atoms with E-state index in [1.54, 1.807) is 0 Å². The Balaban J connectivity index is 2.11. The van der Waals surface area contributed by atoms with Gasteiger partial charge in [0.15, 0.2) is 0 Å². The zero-order valence-corrected chi connectivity index (χ0v) is 11.2. The van der Waals surface area contributed by atoms with Gasteiger partial charge < -0.3 is 5.73 Å². The first-order chi connectivity index (χ1) is 9.73. The SMILES string of the molecule is NC[C@@H](c1cnc(C(F)(F)F)nc1)C1CCC(F)(F)CC1. The molecule has 21 heavy (non-hydrogen) atoms. The van der Waals surface area contributed by atoms with Crippen LogP contribution in [0.15, 0.2) is 12.4 Å². The lowest BCUT2D eigenvalue weighted by Crippen LogP contribution is -2.30. The van der Waals surface area contributed by atoms with E-state index < -0.39 is 17.9 Å². The summed E-state index contributed by atoms with van der Waals surface area (Å²) in [6, 6.07) is 0. The van der Waals surface area contributed by atoms with Crippen molar-refractivity contribution in [1.29, 1.82) is 0 Å². The fraction of sp³-hybridized carbons (Fsp3) is 0.692. The fourth-order valence-electron chi connectivity index (χ4n) is 2.74. The van der Waals surface area contributed by atoms with Crippen molar-refractivity contribution >= 4 is 0 Å². The number of aromatic nitrogens is 2. The van der Waals surface area contributed by atoms with Crippen LogP contribution in [0.5, 0.6) is 0 Å². The Bertz CT molecular complexity index is 462. The normalized spacial score (nSPS) is 21.2. The molecule has 1 aromatic rings. The van der Waals surface area contributed by atoms with Gasteiger partial charge in [0, 0.05) is 31.2 Å². The van der Waals surface area contributed by atoms with E-state index in [0.29, 0.717) is 18.4 Å². The average Bonchev–Trinajstić information content (AvgIpc) is 2.41. The number of hydrogen-bond donors (Lipinski definition) is 1. The van der Waals surface area contributed by atoms with E-state index in [2.05, 4.69) is 9.97 Å². The number of nitrogens with zero attached hydrogens (tertiary/aromatic N) is 2. The van der Waals surface area contributed by atoms with E-state index in [1.807, 2.05) is 0 Å². The van der Waals surface area contributed by atoms with Crippen LogP contribution in [-0.2, 0) is 6.18 Å². The number of hydrogen-bond acceptors (Lipinski definition) is 3. The molecule has 1 fully saturated rings. The lowest BCUT2D eigenvalue weighted by molar-refractivity contribution is -0.145. The Labute approximate surface area is 118 Å². The van der Waals surface area contributed by atoms with Gasteiger partial charge in [-0.3, -0.25) is 0 Å². The van der Waals surface area contributed by atoms with Crippen LogP contribution in [0.2, 0.25) is 0 Å². The average molecular weight is 309 g/mol. The van der Waals surface area contributed by atoms with Crippen molar-refractivity contribution in [1.82, 2.24) is 9.97 Å². The predicted molar refractivity (Wildman–Crippen MR) is 65.7 cm³/mol. The number of halogens is 5. The second kappa shape index (κ2) is 5.82. The minimum atomic E-state index is -4.59. The Morgan fingerprint density at radius 1 is 1.19 bits per heavy atom. The van der Waals surface area contributed by atoms with Crippen molar-refractivity contribution in [2.45, 2.75) is 43.7 Å². The number of alkyl halides is 5. The Morgan fingerprint density at radius 2 is 1.71 bits per heavy atom. The van der Waals surface area contributed by atoms with Crippen LogP contribution in [0.4, 0.5) is 22.0 Å². The van der Waals surface area contributed by atoms with Gasteiger partial charge in [-0.05, 0) is 30.9 Å². The van der Waals surface area contributed by atoms with E-state index in [4.69, 9.17) is 5.73 Å². The molecule has 1 aliphatic carbocycles. The molecule has 0 spiro atoms. The summed E-state index contributed by atoms with van der Waals surface area (Å²) in [6.45, 7) is 0.172. The topological polar surface area (TPSA) is 51.8 Å². The molecule has 118 valence electrons. The quantitative estimate of drug-likeness (QED) is 0.871. The highest BCUT2D eigenvalue weighted by Gasteiger charge is 2.38. The summed E-state index contributed by atoms with van der Waals surface area (Å²) in [5.74, 6) is -4.22. The third-order valence-corrected chi connectivity index (χ3v) is 3.94. The molecule has 1 heterocycles. The third kappa shape index (κ3) is 3.87. The molecule has 2 N–H and O–H groups in total. The first-order valence-electron chi connectivity index (χ1n) is 6.70. The fourth-order valence-corrected chi connectivity index (χ4v) is 2.74. The van der Waals surface area contributed by atoms with Crippen LogP contribution in [-0.4, -0.2) is 22.4 Å². The molecule has 0 aliphatic heterocycles. The van der Waals surface area contributed by atoms with Crippen molar-refractivity contribution in [3.63, 3.8) is 0 Å². The Hall–Kier alpha value is -1.31.